The van der Waals surface area contributed by atoms with Crippen LogP contribution in [0, 0.1) is 11.6 Å². The molecule has 0 spiro atoms. The van der Waals surface area contributed by atoms with Gasteiger partial charge in [-0.05, 0) is 47.5 Å². The smallest absolute Gasteiger partial charge is 0.178 e. The summed E-state index contributed by atoms with van der Waals surface area (Å²) in [5.74, 6) is -0.826. The highest BCUT2D eigenvalue weighted by Crippen LogP contribution is 2.06. The van der Waals surface area contributed by atoms with E-state index in [9.17, 15) is 13.6 Å². The van der Waals surface area contributed by atoms with E-state index in [4.69, 9.17) is 0 Å². The predicted octanol–water partition coefficient (Wildman–Crippen LogP) is 4.26. The average molecular weight is 270 g/mol. The molecule has 0 atom stereocenters. The fourth-order valence-electron chi connectivity index (χ4n) is 1.56. The van der Waals surface area contributed by atoms with Crippen molar-refractivity contribution in [3.05, 3.63) is 83.4 Å². The number of carbonyl (C=O) groups is 1. The second kappa shape index (κ2) is 6.57. The largest absolute Gasteiger partial charge is 0.290 e. The lowest BCUT2D eigenvalue weighted by Crippen LogP contribution is -1.85. The van der Waals surface area contributed by atoms with Crippen molar-refractivity contribution in [1.82, 2.24) is 0 Å². The normalized spacial score (nSPS) is 11.3. The summed E-state index contributed by atoms with van der Waals surface area (Å²) in [6.07, 6.45) is 6.01. The molecule has 0 N–H and O–H groups in total. The van der Waals surface area contributed by atoms with E-state index in [1.165, 1.54) is 36.4 Å². The SMILES string of the molecule is O=C(C=Cc1ccc(F)cc1)C=Cc1ccc(F)cc1. The van der Waals surface area contributed by atoms with Gasteiger partial charge in [0.2, 0.25) is 0 Å². The van der Waals surface area contributed by atoms with Crippen LogP contribution in [0.2, 0.25) is 0 Å². The molecular weight excluding hydrogens is 258 g/mol. The third-order valence-electron chi connectivity index (χ3n) is 2.62. The maximum atomic E-state index is 12.7. The molecule has 2 aromatic carbocycles. The van der Waals surface area contributed by atoms with Gasteiger partial charge >= 0.3 is 0 Å². The van der Waals surface area contributed by atoms with Crippen LogP contribution < -0.4 is 0 Å². The van der Waals surface area contributed by atoms with Crippen molar-refractivity contribution < 1.29 is 13.6 Å². The van der Waals surface area contributed by atoms with Crippen molar-refractivity contribution in [2.75, 3.05) is 0 Å². The molecule has 2 rings (SSSR count). The summed E-state index contributed by atoms with van der Waals surface area (Å²) >= 11 is 0. The predicted molar refractivity (Wildman–Crippen MR) is 75.9 cm³/mol. The first-order valence-electron chi connectivity index (χ1n) is 6.05. The Bertz CT molecular complexity index is 580. The van der Waals surface area contributed by atoms with Crippen molar-refractivity contribution in [1.29, 1.82) is 0 Å². The summed E-state index contributed by atoms with van der Waals surface area (Å²) in [5.41, 5.74) is 1.49. The lowest BCUT2D eigenvalue weighted by Gasteiger charge is -1.93. The molecule has 0 aromatic heterocycles. The standard InChI is InChI=1S/C17H12F2O/c18-15-7-1-13(2-8-15)5-11-17(20)12-6-14-3-9-16(19)10-4-14/h1-12H. The first kappa shape index (κ1) is 13.9. The lowest BCUT2D eigenvalue weighted by molar-refractivity contribution is -0.110. The van der Waals surface area contributed by atoms with Crippen LogP contribution in [-0.2, 0) is 4.79 Å². The molecule has 0 fully saturated rings. The third kappa shape index (κ3) is 4.28. The quantitative estimate of drug-likeness (QED) is 0.759. The number of benzene rings is 2. The van der Waals surface area contributed by atoms with Crippen molar-refractivity contribution in [3.63, 3.8) is 0 Å². The highest BCUT2D eigenvalue weighted by molar-refractivity contribution is 6.04. The van der Waals surface area contributed by atoms with Crippen LogP contribution >= 0.6 is 0 Å². The first-order chi connectivity index (χ1) is 9.63. The Hall–Kier alpha value is -2.55. The fraction of sp³-hybridized carbons (Fsp3) is 0. The molecule has 100 valence electrons. The molecule has 20 heavy (non-hydrogen) atoms. The molecule has 0 unspecified atom stereocenters. The fourth-order valence-corrected chi connectivity index (χ4v) is 1.56. The van der Waals surface area contributed by atoms with E-state index in [-0.39, 0.29) is 17.4 Å². The van der Waals surface area contributed by atoms with Crippen LogP contribution in [0.15, 0.2) is 60.7 Å². The number of ketones is 1. The van der Waals surface area contributed by atoms with E-state index in [1.54, 1.807) is 36.4 Å². The topological polar surface area (TPSA) is 17.1 Å². The van der Waals surface area contributed by atoms with Gasteiger partial charge in [-0.15, -0.1) is 0 Å². The van der Waals surface area contributed by atoms with E-state index < -0.39 is 0 Å². The Kier molecular flexibility index (Phi) is 4.56. The van der Waals surface area contributed by atoms with Gasteiger partial charge in [0.15, 0.2) is 5.78 Å². The highest BCUT2D eigenvalue weighted by atomic mass is 19.1. The van der Waals surface area contributed by atoms with Crippen LogP contribution in [0.1, 0.15) is 11.1 Å². The van der Waals surface area contributed by atoms with Gasteiger partial charge in [0.25, 0.3) is 0 Å². The molecular formula is C17H12F2O. The first-order valence-corrected chi connectivity index (χ1v) is 6.05. The summed E-state index contributed by atoms with van der Waals surface area (Å²) in [6, 6.07) is 11.7. The minimum atomic E-state index is -0.315. The Balaban J connectivity index is 1.98. The Morgan fingerprint density at radius 3 is 1.40 bits per heavy atom. The molecule has 0 heterocycles. The minimum Gasteiger partial charge on any atom is -0.290 e. The van der Waals surface area contributed by atoms with Crippen molar-refractivity contribution in [2.24, 2.45) is 0 Å². The Labute approximate surface area is 115 Å². The average Bonchev–Trinajstić information content (AvgIpc) is 2.46. The summed E-state index contributed by atoms with van der Waals surface area (Å²) in [5, 5.41) is 0. The number of hydrogen-bond acceptors (Lipinski definition) is 1. The maximum Gasteiger partial charge on any atom is 0.178 e. The number of allylic oxidation sites excluding steroid dienone is 2. The van der Waals surface area contributed by atoms with Gasteiger partial charge in [0, 0.05) is 0 Å². The molecule has 0 aliphatic heterocycles. The Morgan fingerprint density at radius 2 is 1.05 bits per heavy atom. The van der Waals surface area contributed by atoms with Crippen LogP contribution in [0.4, 0.5) is 8.78 Å². The number of halogens is 2. The van der Waals surface area contributed by atoms with Crippen molar-refractivity contribution >= 4 is 17.9 Å². The van der Waals surface area contributed by atoms with Crippen molar-refractivity contribution in [3.8, 4) is 0 Å². The van der Waals surface area contributed by atoms with E-state index in [0.717, 1.165) is 11.1 Å². The van der Waals surface area contributed by atoms with Crippen LogP contribution in [0.25, 0.3) is 12.2 Å². The number of rotatable bonds is 4. The third-order valence-corrected chi connectivity index (χ3v) is 2.62. The summed E-state index contributed by atoms with van der Waals surface area (Å²) < 4.78 is 25.4. The van der Waals surface area contributed by atoms with Gasteiger partial charge in [0.1, 0.15) is 11.6 Å². The molecule has 0 aliphatic rings. The molecule has 0 saturated carbocycles. The molecule has 0 aliphatic carbocycles. The highest BCUT2D eigenvalue weighted by Gasteiger charge is 1.93. The summed E-state index contributed by atoms with van der Waals surface area (Å²) in [7, 11) is 0. The molecule has 0 saturated heterocycles. The van der Waals surface area contributed by atoms with Gasteiger partial charge in [-0.25, -0.2) is 8.78 Å². The zero-order valence-corrected chi connectivity index (χ0v) is 10.6. The lowest BCUT2D eigenvalue weighted by atomic mass is 10.1. The molecule has 1 nitrogen and oxygen atoms in total. The van der Waals surface area contributed by atoms with Gasteiger partial charge in [0.05, 0.1) is 0 Å². The monoisotopic (exact) mass is 270 g/mol. The molecule has 2 aromatic rings. The number of carbonyl (C=O) groups excluding carboxylic acids is 1. The minimum absolute atomic E-state index is 0.196. The second-order valence-electron chi connectivity index (χ2n) is 4.17. The van der Waals surface area contributed by atoms with Crippen LogP contribution in [-0.4, -0.2) is 5.78 Å². The maximum absolute atomic E-state index is 12.7. The molecule has 0 bridgehead atoms. The van der Waals surface area contributed by atoms with E-state index in [2.05, 4.69) is 0 Å². The van der Waals surface area contributed by atoms with Gasteiger partial charge in [-0.3, -0.25) is 4.79 Å². The van der Waals surface area contributed by atoms with Gasteiger partial charge in [-0.1, -0.05) is 36.4 Å². The van der Waals surface area contributed by atoms with Crippen LogP contribution in [0.3, 0.4) is 0 Å². The summed E-state index contributed by atoms with van der Waals surface area (Å²) in [4.78, 5) is 11.6. The van der Waals surface area contributed by atoms with Gasteiger partial charge in [-0.2, -0.15) is 0 Å². The Morgan fingerprint density at radius 1 is 0.700 bits per heavy atom. The summed E-state index contributed by atoms with van der Waals surface area (Å²) in [6.45, 7) is 0. The van der Waals surface area contributed by atoms with Crippen molar-refractivity contribution in [2.45, 2.75) is 0 Å². The van der Waals surface area contributed by atoms with Gasteiger partial charge < -0.3 is 0 Å². The van der Waals surface area contributed by atoms with Crippen LogP contribution in [0.5, 0.6) is 0 Å². The number of hydrogen-bond donors (Lipinski definition) is 0. The van der Waals surface area contributed by atoms with E-state index in [1.807, 2.05) is 0 Å². The molecule has 3 heteroatoms. The van der Waals surface area contributed by atoms with E-state index in [0.29, 0.717) is 0 Å². The second-order valence-corrected chi connectivity index (χ2v) is 4.17. The van der Waals surface area contributed by atoms with E-state index >= 15 is 0 Å². The zero-order valence-electron chi connectivity index (χ0n) is 10.6. The molecule has 0 amide bonds. The molecule has 0 radical (unpaired) electrons. The zero-order chi connectivity index (χ0) is 14.4.